The Bertz CT molecular complexity index is 1000. The lowest BCUT2D eigenvalue weighted by Crippen LogP contribution is -2.00. The van der Waals surface area contributed by atoms with Crippen molar-refractivity contribution >= 4 is 55.4 Å². The summed E-state index contributed by atoms with van der Waals surface area (Å²) in [6.45, 7) is 4.54. The van der Waals surface area contributed by atoms with Gasteiger partial charge in [-0.2, -0.15) is 0 Å². The first-order valence-electron chi connectivity index (χ1n) is 8.41. The van der Waals surface area contributed by atoms with E-state index >= 15 is 0 Å². The van der Waals surface area contributed by atoms with Gasteiger partial charge in [-0.15, -0.1) is 0 Å². The zero-order valence-electron chi connectivity index (χ0n) is 15.0. The van der Waals surface area contributed by atoms with Gasteiger partial charge >= 0.3 is 0 Å². The number of hydrogen-bond acceptors (Lipinski definition) is 2. The molecule has 5 heteroatoms. The molecule has 0 spiro atoms. The largest absolute Gasteiger partial charge is 0.487 e. The number of hydrogen-bond donors (Lipinski definition) is 0. The second-order valence-electron chi connectivity index (χ2n) is 6.16. The van der Waals surface area contributed by atoms with E-state index in [0.29, 0.717) is 11.6 Å². The fourth-order valence-corrected chi connectivity index (χ4v) is 4.17. The van der Waals surface area contributed by atoms with Crippen molar-refractivity contribution in [3.63, 3.8) is 0 Å². The summed E-state index contributed by atoms with van der Waals surface area (Å²) in [4.78, 5) is 4.68. The van der Waals surface area contributed by atoms with Gasteiger partial charge in [0.15, 0.2) is 0 Å². The lowest BCUT2D eigenvalue weighted by molar-refractivity contribution is 0.304. The first-order chi connectivity index (χ1) is 13.0. The summed E-state index contributed by atoms with van der Waals surface area (Å²) in [5.74, 6) is 0.729. The third-order valence-electron chi connectivity index (χ3n) is 4.29. The normalized spacial score (nSPS) is 11.1. The summed E-state index contributed by atoms with van der Waals surface area (Å²) in [6.07, 6.45) is 1.83. The quantitative estimate of drug-likeness (QED) is 0.323. The molecule has 0 fully saturated rings. The molecular weight excluding hydrogens is 490 g/mol. The van der Waals surface area contributed by atoms with Gasteiger partial charge in [0.1, 0.15) is 12.4 Å². The van der Waals surface area contributed by atoms with Crippen molar-refractivity contribution in [1.29, 1.82) is 0 Å². The number of halogens is 3. The molecular formula is C22H18Br2ClNO. The molecule has 0 saturated heterocycles. The van der Waals surface area contributed by atoms with Gasteiger partial charge < -0.3 is 4.74 Å². The molecule has 0 bridgehead atoms. The lowest BCUT2D eigenvalue weighted by atomic mass is 10.1. The Morgan fingerprint density at radius 3 is 2.59 bits per heavy atom. The van der Waals surface area contributed by atoms with Crippen LogP contribution in [0.25, 0.3) is 0 Å². The Morgan fingerprint density at radius 1 is 1.04 bits per heavy atom. The summed E-state index contributed by atoms with van der Waals surface area (Å²) in [5.41, 5.74) is 5.15. The van der Waals surface area contributed by atoms with E-state index in [0.717, 1.165) is 31.5 Å². The molecule has 0 heterocycles. The fraction of sp³-hybridized carbons (Fsp3) is 0.136. The van der Waals surface area contributed by atoms with Gasteiger partial charge in [0.2, 0.25) is 0 Å². The van der Waals surface area contributed by atoms with Gasteiger partial charge in [-0.3, -0.25) is 4.99 Å². The van der Waals surface area contributed by atoms with Crippen molar-refractivity contribution in [2.24, 2.45) is 4.99 Å². The van der Waals surface area contributed by atoms with Crippen molar-refractivity contribution in [3.05, 3.63) is 90.8 Å². The highest BCUT2D eigenvalue weighted by Gasteiger charge is 2.11. The maximum Gasteiger partial charge on any atom is 0.142 e. The molecule has 0 radical (unpaired) electrons. The first kappa shape index (κ1) is 20.1. The maximum atomic E-state index is 6.24. The highest BCUT2D eigenvalue weighted by atomic mass is 79.9. The van der Waals surface area contributed by atoms with E-state index in [4.69, 9.17) is 16.3 Å². The van der Waals surface area contributed by atoms with E-state index in [1.807, 2.05) is 54.7 Å². The van der Waals surface area contributed by atoms with E-state index in [9.17, 15) is 0 Å². The third kappa shape index (κ3) is 5.01. The molecule has 138 valence electrons. The smallest absolute Gasteiger partial charge is 0.142 e. The van der Waals surface area contributed by atoms with Crippen LogP contribution in [0.15, 0.2) is 68.5 Å². The van der Waals surface area contributed by atoms with Crippen LogP contribution in [-0.4, -0.2) is 6.21 Å². The summed E-state index contributed by atoms with van der Waals surface area (Å²) in [6, 6.07) is 17.7. The number of benzene rings is 3. The predicted molar refractivity (Wildman–Crippen MR) is 121 cm³/mol. The van der Waals surface area contributed by atoms with Crippen LogP contribution in [-0.2, 0) is 6.61 Å². The van der Waals surface area contributed by atoms with E-state index < -0.39 is 0 Å². The number of aryl methyl sites for hydroxylation is 1. The second kappa shape index (κ2) is 9.05. The van der Waals surface area contributed by atoms with Crippen molar-refractivity contribution in [2.75, 3.05) is 0 Å². The van der Waals surface area contributed by atoms with Crippen LogP contribution in [0.4, 0.5) is 5.69 Å². The fourth-order valence-electron chi connectivity index (χ4n) is 2.61. The molecule has 2 nitrogen and oxygen atoms in total. The Morgan fingerprint density at radius 2 is 1.81 bits per heavy atom. The van der Waals surface area contributed by atoms with Crippen LogP contribution >= 0.6 is 43.5 Å². The van der Waals surface area contributed by atoms with E-state index in [2.05, 4.69) is 56.8 Å². The van der Waals surface area contributed by atoms with Gasteiger partial charge in [0, 0.05) is 26.8 Å². The highest BCUT2D eigenvalue weighted by Crippen LogP contribution is 2.33. The van der Waals surface area contributed by atoms with Gasteiger partial charge in [-0.05, 0) is 65.2 Å². The molecule has 0 amide bonds. The lowest BCUT2D eigenvalue weighted by Gasteiger charge is -2.13. The van der Waals surface area contributed by atoms with Gasteiger partial charge in [-0.25, -0.2) is 0 Å². The molecule has 3 aromatic rings. The molecule has 27 heavy (non-hydrogen) atoms. The van der Waals surface area contributed by atoms with Crippen LogP contribution in [0.2, 0.25) is 5.02 Å². The molecule has 0 N–H and O–H groups in total. The molecule has 0 unspecified atom stereocenters. The van der Waals surface area contributed by atoms with E-state index in [1.165, 1.54) is 11.1 Å². The van der Waals surface area contributed by atoms with Crippen molar-refractivity contribution in [1.82, 2.24) is 0 Å². The number of rotatable bonds is 5. The minimum Gasteiger partial charge on any atom is -0.487 e. The zero-order valence-corrected chi connectivity index (χ0v) is 18.9. The maximum absolute atomic E-state index is 6.24. The van der Waals surface area contributed by atoms with Gasteiger partial charge in [-0.1, -0.05) is 57.9 Å². The summed E-state index contributed by atoms with van der Waals surface area (Å²) < 4.78 is 7.89. The van der Waals surface area contributed by atoms with Gasteiger partial charge in [0.25, 0.3) is 0 Å². The number of ether oxygens (including phenoxy) is 1. The average Bonchev–Trinajstić information content (AvgIpc) is 2.63. The standard InChI is InChI=1S/C22H18Br2ClNO/c1-14-6-5-9-21(15(14)2)26-12-17-10-18(23)11-19(24)22(17)27-13-16-7-3-4-8-20(16)25/h3-12H,13H2,1-2H3. The van der Waals surface area contributed by atoms with Crippen molar-refractivity contribution in [3.8, 4) is 5.75 Å². The Kier molecular flexibility index (Phi) is 6.74. The molecule has 0 saturated carbocycles. The Hall–Kier alpha value is -1.62. The molecule has 0 aromatic heterocycles. The minimum atomic E-state index is 0.379. The van der Waals surface area contributed by atoms with Crippen LogP contribution in [0.1, 0.15) is 22.3 Å². The molecule has 0 atom stereocenters. The average molecular weight is 508 g/mol. The van der Waals surface area contributed by atoms with Crippen LogP contribution in [0.3, 0.4) is 0 Å². The minimum absolute atomic E-state index is 0.379. The van der Waals surface area contributed by atoms with Crippen LogP contribution in [0.5, 0.6) is 5.75 Å². The van der Waals surface area contributed by atoms with E-state index in [-0.39, 0.29) is 0 Å². The molecule has 0 aliphatic heterocycles. The third-order valence-corrected chi connectivity index (χ3v) is 5.70. The summed E-state index contributed by atoms with van der Waals surface area (Å²) >= 11 is 13.4. The molecule has 0 aliphatic rings. The Balaban J connectivity index is 1.92. The molecule has 3 aromatic carbocycles. The second-order valence-corrected chi connectivity index (χ2v) is 8.34. The number of nitrogens with zero attached hydrogens (tertiary/aromatic N) is 1. The molecule has 0 aliphatic carbocycles. The summed E-state index contributed by atoms with van der Waals surface area (Å²) in [7, 11) is 0. The summed E-state index contributed by atoms with van der Waals surface area (Å²) in [5, 5.41) is 0.691. The highest BCUT2D eigenvalue weighted by molar-refractivity contribution is 9.11. The SMILES string of the molecule is Cc1cccc(N=Cc2cc(Br)cc(Br)c2OCc2ccccc2Cl)c1C. The van der Waals surface area contributed by atoms with Crippen LogP contribution in [0, 0.1) is 13.8 Å². The monoisotopic (exact) mass is 505 g/mol. The number of aliphatic imine (C=N–C) groups is 1. The predicted octanol–water partition coefficient (Wildman–Crippen LogP) is 7.81. The zero-order chi connectivity index (χ0) is 19.4. The van der Waals surface area contributed by atoms with Gasteiger partial charge in [0.05, 0.1) is 10.2 Å². The topological polar surface area (TPSA) is 21.6 Å². The van der Waals surface area contributed by atoms with Crippen molar-refractivity contribution < 1.29 is 4.74 Å². The van der Waals surface area contributed by atoms with Crippen molar-refractivity contribution in [2.45, 2.75) is 20.5 Å². The van der Waals surface area contributed by atoms with E-state index in [1.54, 1.807) is 0 Å². The molecule has 3 rings (SSSR count). The first-order valence-corrected chi connectivity index (χ1v) is 10.4. The Labute approximate surface area is 181 Å². The van der Waals surface area contributed by atoms with Crippen LogP contribution < -0.4 is 4.74 Å².